The minimum Gasteiger partial charge on any atom is -0.507 e. The molecular formula is C31H32N6O5. The Morgan fingerprint density at radius 1 is 0.762 bits per heavy atom. The first-order valence-corrected chi connectivity index (χ1v) is 13.9. The summed E-state index contributed by atoms with van der Waals surface area (Å²) in [4.78, 5) is 39.4. The quantitative estimate of drug-likeness (QED) is 0.0800. The van der Waals surface area contributed by atoms with E-state index in [0.717, 1.165) is 38.8 Å². The number of nitrogens with zero attached hydrogens (tertiary/aromatic N) is 3. The van der Waals surface area contributed by atoms with Crippen molar-refractivity contribution in [2.24, 2.45) is 0 Å². The van der Waals surface area contributed by atoms with Crippen LogP contribution in [-0.4, -0.2) is 44.7 Å². The van der Waals surface area contributed by atoms with Crippen molar-refractivity contribution >= 4 is 29.2 Å². The summed E-state index contributed by atoms with van der Waals surface area (Å²) in [5, 5.41) is 17.1. The number of carbonyl (C=O) groups excluding carboxylic acids is 2. The minimum absolute atomic E-state index is 0.0348. The van der Waals surface area contributed by atoms with Gasteiger partial charge in [-0.3, -0.25) is 9.59 Å². The number of unbranched alkanes of at least 4 members (excludes halogenated alkanes) is 2. The maximum atomic E-state index is 13.2. The lowest BCUT2D eigenvalue weighted by molar-refractivity contribution is 0.0977. The number of nitrogen functional groups attached to an aromatic ring is 1. The van der Waals surface area contributed by atoms with Gasteiger partial charge in [0.25, 0.3) is 0 Å². The van der Waals surface area contributed by atoms with Crippen molar-refractivity contribution in [3.05, 3.63) is 76.9 Å². The van der Waals surface area contributed by atoms with Crippen molar-refractivity contribution < 1.29 is 24.2 Å². The number of hydrogen-bond donors (Lipinski definition) is 4. The first-order valence-electron chi connectivity index (χ1n) is 13.9. The Kier molecular flexibility index (Phi) is 8.47. The summed E-state index contributed by atoms with van der Waals surface area (Å²) in [5.74, 6) is 0.396. The number of benzene rings is 3. The molecule has 11 nitrogen and oxygen atoms in total. The number of anilines is 3. The van der Waals surface area contributed by atoms with Crippen LogP contribution < -0.4 is 25.8 Å². The monoisotopic (exact) mass is 568 g/mol. The SMILES string of the molecule is CCCCNc1nc(NCCCC)nc(Oc2ccc(Oc3cc(O)c4c(c3N)C(=O)c3ccccc3C4=O)cc2)n1. The van der Waals surface area contributed by atoms with Gasteiger partial charge in [0.2, 0.25) is 11.9 Å². The topological polar surface area (TPSA) is 162 Å². The molecule has 5 rings (SSSR count). The molecule has 1 aliphatic rings. The lowest BCUT2D eigenvalue weighted by Gasteiger charge is -2.21. The second kappa shape index (κ2) is 12.5. The van der Waals surface area contributed by atoms with Crippen LogP contribution in [0.1, 0.15) is 71.4 Å². The molecule has 1 aliphatic carbocycles. The third-order valence-electron chi connectivity index (χ3n) is 6.68. The van der Waals surface area contributed by atoms with Gasteiger partial charge in [-0.25, -0.2) is 0 Å². The number of phenolic OH excluding ortho intramolecular Hbond substituents is 1. The zero-order chi connectivity index (χ0) is 29.6. The van der Waals surface area contributed by atoms with Gasteiger partial charge >= 0.3 is 6.01 Å². The molecule has 0 spiro atoms. The maximum absolute atomic E-state index is 13.2. The van der Waals surface area contributed by atoms with Crippen LogP contribution in [0, 0.1) is 0 Å². The number of ether oxygens (including phenoxy) is 2. The highest BCUT2D eigenvalue weighted by molar-refractivity contribution is 6.31. The summed E-state index contributed by atoms with van der Waals surface area (Å²) in [7, 11) is 0. The van der Waals surface area contributed by atoms with E-state index >= 15 is 0 Å². The zero-order valence-electron chi connectivity index (χ0n) is 23.4. The van der Waals surface area contributed by atoms with Gasteiger partial charge in [-0.1, -0.05) is 51.0 Å². The number of hydrogen-bond acceptors (Lipinski definition) is 11. The van der Waals surface area contributed by atoms with E-state index in [1.807, 2.05) is 0 Å². The Hall–Kier alpha value is -5.19. The zero-order valence-corrected chi connectivity index (χ0v) is 23.4. The number of phenols is 1. The number of fused-ring (bicyclic) bond motifs is 2. The van der Waals surface area contributed by atoms with Gasteiger partial charge < -0.3 is 30.9 Å². The fraction of sp³-hybridized carbons (Fsp3) is 0.258. The Balaban J connectivity index is 1.35. The Bertz CT molecular complexity index is 1600. The number of aromatic nitrogens is 3. The predicted molar refractivity (Wildman–Crippen MR) is 159 cm³/mol. The third kappa shape index (κ3) is 5.95. The largest absolute Gasteiger partial charge is 0.507 e. The van der Waals surface area contributed by atoms with Gasteiger partial charge in [-0.05, 0) is 37.1 Å². The second-order valence-corrected chi connectivity index (χ2v) is 9.76. The molecule has 216 valence electrons. The fourth-order valence-electron chi connectivity index (χ4n) is 4.48. The van der Waals surface area contributed by atoms with Gasteiger partial charge in [-0.15, -0.1) is 0 Å². The average Bonchev–Trinajstić information content (AvgIpc) is 2.99. The van der Waals surface area contributed by atoms with Gasteiger partial charge in [0, 0.05) is 30.3 Å². The molecule has 0 saturated heterocycles. The van der Waals surface area contributed by atoms with Crippen molar-refractivity contribution in [1.82, 2.24) is 15.0 Å². The first kappa shape index (κ1) is 28.3. The summed E-state index contributed by atoms with van der Waals surface area (Å²) in [6.07, 6.45) is 4.03. The molecule has 1 heterocycles. The van der Waals surface area contributed by atoms with Crippen LogP contribution in [0.3, 0.4) is 0 Å². The minimum atomic E-state index is -0.469. The van der Waals surface area contributed by atoms with Gasteiger partial charge in [0.15, 0.2) is 17.3 Å². The molecule has 0 bridgehead atoms. The van der Waals surface area contributed by atoms with Crippen LogP contribution in [0.5, 0.6) is 29.0 Å². The smallest absolute Gasteiger partial charge is 0.328 e. The molecular weight excluding hydrogens is 536 g/mol. The second-order valence-electron chi connectivity index (χ2n) is 9.76. The number of ketones is 2. The first-order chi connectivity index (χ1) is 20.4. The number of nitrogens with one attached hydrogen (secondary N) is 2. The molecule has 0 amide bonds. The van der Waals surface area contributed by atoms with E-state index in [9.17, 15) is 14.7 Å². The Morgan fingerprint density at radius 3 is 1.83 bits per heavy atom. The molecule has 11 heteroatoms. The molecule has 3 aromatic carbocycles. The summed E-state index contributed by atoms with van der Waals surface area (Å²) >= 11 is 0. The van der Waals surface area contributed by atoms with Crippen LogP contribution in [0.2, 0.25) is 0 Å². The molecule has 0 radical (unpaired) electrons. The molecule has 0 unspecified atom stereocenters. The van der Waals surface area contributed by atoms with Crippen molar-refractivity contribution in [2.75, 3.05) is 29.5 Å². The van der Waals surface area contributed by atoms with Crippen LogP contribution >= 0.6 is 0 Å². The highest BCUT2D eigenvalue weighted by Gasteiger charge is 2.35. The van der Waals surface area contributed by atoms with E-state index in [4.69, 9.17) is 15.2 Å². The summed E-state index contributed by atoms with van der Waals surface area (Å²) < 4.78 is 11.8. The molecule has 4 aromatic rings. The van der Waals surface area contributed by atoms with Gasteiger partial charge in [0.1, 0.15) is 17.2 Å². The van der Waals surface area contributed by atoms with Crippen molar-refractivity contribution in [3.63, 3.8) is 0 Å². The lowest BCUT2D eigenvalue weighted by Crippen LogP contribution is -2.22. The lowest BCUT2D eigenvalue weighted by atomic mass is 9.82. The van der Waals surface area contributed by atoms with Crippen molar-refractivity contribution in [1.29, 1.82) is 0 Å². The highest BCUT2D eigenvalue weighted by Crippen LogP contribution is 2.42. The van der Waals surface area contributed by atoms with Crippen LogP contribution in [0.15, 0.2) is 54.6 Å². The number of nitrogens with two attached hydrogens (primary N) is 1. The molecule has 1 aromatic heterocycles. The van der Waals surface area contributed by atoms with E-state index in [1.165, 1.54) is 6.07 Å². The van der Waals surface area contributed by atoms with Crippen molar-refractivity contribution in [2.45, 2.75) is 39.5 Å². The molecule has 5 N–H and O–H groups in total. The Labute approximate surface area is 243 Å². The maximum Gasteiger partial charge on any atom is 0.328 e. The summed E-state index contributed by atoms with van der Waals surface area (Å²) in [5.41, 5.74) is 6.52. The number of carbonyl (C=O) groups is 2. The van der Waals surface area contributed by atoms with E-state index in [-0.39, 0.29) is 45.5 Å². The van der Waals surface area contributed by atoms with Crippen LogP contribution in [0.4, 0.5) is 17.6 Å². The standard InChI is InChI=1S/C31H32N6O5/c1-3-5-15-33-29-35-30(34-16-6-4-2)37-31(36-29)42-19-13-11-18(12-14-19)41-23-17-22(38)24-25(26(23)32)28(40)21-10-8-7-9-20(21)27(24)39/h7-14,17,38H,3-6,15-16,32H2,1-2H3,(H2,33,34,35,36,37). The predicted octanol–water partition coefficient (Wildman–Crippen LogP) is 5.94. The van der Waals surface area contributed by atoms with E-state index in [2.05, 4.69) is 39.4 Å². The van der Waals surface area contributed by atoms with Gasteiger partial charge in [0.05, 0.1) is 16.8 Å². The molecule has 42 heavy (non-hydrogen) atoms. The van der Waals surface area contributed by atoms with Crippen LogP contribution in [0.25, 0.3) is 0 Å². The van der Waals surface area contributed by atoms with Gasteiger partial charge in [-0.2, -0.15) is 15.0 Å². The third-order valence-corrected chi connectivity index (χ3v) is 6.68. The summed E-state index contributed by atoms with van der Waals surface area (Å²) in [6.45, 7) is 5.68. The van der Waals surface area contributed by atoms with E-state index in [0.29, 0.717) is 23.4 Å². The fourth-order valence-corrected chi connectivity index (χ4v) is 4.48. The molecule has 0 saturated carbocycles. The summed E-state index contributed by atoms with van der Waals surface area (Å²) in [6, 6.07) is 14.4. The average molecular weight is 569 g/mol. The highest BCUT2D eigenvalue weighted by atomic mass is 16.5. The number of rotatable bonds is 12. The Morgan fingerprint density at radius 2 is 1.29 bits per heavy atom. The van der Waals surface area contributed by atoms with E-state index in [1.54, 1.807) is 48.5 Å². The van der Waals surface area contributed by atoms with Crippen molar-refractivity contribution in [3.8, 4) is 29.0 Å². The molecule has 0 aliphatic heterocycles. The normalized spacial score (nSPS) is 12.0. The van der Waals surface area contributed by atoms with E-state index < -0.39 is 11.6 Å². The number of aromatic hydroxyl groups is 1. The molecule has 0 atom stereocenters. The van der Waals surface area contributed by atoms with Crippen LogP contribution in [-0.2, 0) is 0 Å². The molecule has 0 fully saturated rings.